The molecule has 8 heteroatoms. The number of aryl methyl sites for hydroxylation is 1. The van der Waals surface area contributed by atoms with Crippen LogP contribution in [0.25, 0.3) is 0 Å². The topological polar surface area (TPSA) is 75.4 Å². The van der Waals surface area contributed by atoms with Crippen LogP contribution in [0.2, 0.25) is 5.02 Å². The van der Waals surface area contributed by atoms with Crippen molar-refractivity contribution in [2.24, 2.45) is 0 Å². The molecule has 2 rings (SSSR count). The van der Waals surface area contributed by atoms with Crippen LogP contribution in [0.3, 0.4) is 0 Å². The second-order valence-electron chi connectivity index (χ2n) is 5.04. The van der Waals surface area contributed by atoms with E-state index in [1.54, 1.807) is 11.0 Å². The molecule has 0 fully saturated rings. The van der Waals surface area contributed by atoms with E-state index in [4.69, 9.17) is 11.6 Å². The Morgan fingerprint density at radius 3 is 2.54 bits per heavy atom. The number of amides is 1. The Balaban J connectivity index is 2.43. The average Bonchev–Trinajstić information content (AvgIpc) is 2.96. The first-order valence-electron chi connectivity index (χ1n) is 7.44. The Labute approximate surface area is 149 Å². The normalized spacial score (nSPS) is 10.7. The van der Waals surface area contributed by atoms with Gasteiger partial charge in [0.15, 0.2) is 0 Å². The van der Waals surface area contributed by atoms with Crippen LogP contribution in [0.5, 0.6) is 0 Å². The highest BCUT2D eigenvalue weighted by Crippen LogP contribution is 2.36. The van der Waals surface area contributed by atoms with Crippen molar-refractivity contribution in [1.82, 2.24) is 14.7 Å². The number of nitrogens with zero attached hydrogens (tertiary/aromatic N) is 3. The smallest absolute Gasteiger partial charge is 0.344 e. The van der Waals surface area contributed by atoms with Gasteiger partial charge in [-0.2, -0.15) is 9.78 Å². The lowest BCUT2D eigenvalue weighted by molar-refractivity contribution is 0.0693. The summed E-state index contributed by atoms with van der Waals surface area (Å²) in [5, 5.41) is 14.3. The lowest BCUT2D eigenvalue weighted by atomic mass is 10.2. The van der Waals surface area contributed by atoms with Crippen LogP contribution < -0.4 is 0 Å². The molecular formula is C16H18ClN3O3S. The standard InChI is InChI=1S/C16H18ClN3O3S/c1-4-19(5-2)16(23)20-9-11(15(21)22)14(18-20)24-13-10(3)7-6-8-12(13)17/h6-9H,4-5H2,1-3H3,(H,21,22). The van der Waals surface area contributed by atoms with Crippen molar-refractivity contribution in [3.63, 3.8) is 0 Å². The Bertz CT molecular complexity index is 752. The molecule has 1 amide bonds. The van der Waals surface area contributed by atoms with E-state index < -0.39 is 5.97 Å². The van der Waals surface area contributed by atoms with Crippen molar-refractivity contribution in [3.05, 3.63) is 40.5 Å². The van der Waals surface area contributed by atoms with Crippen LogP contribution in [-0.2, 0) is 0 Å². The third kappa shape index (κ3) is 3.73. The number of aromatic nitrogens is 2. The van der Waals surface area contributed by atoms with Crippen LogP contribution in [0.4, 0.5) is 4.79 Å². The van der Waals surface area contributed by atoms with E-state index in [0.29, 0.717) is 18.1 Å². The minimum Gasteiger partial charge on any atom is -0.478 e. The van der Waals surface area contributed by atoms with Gasteiger partial charge in [0.1, 0.15) is 10.6 Å². The van der Waals surface area contributed by atoms with Gasteiger partial charge in [0.2, 0.25) is 0 Å². The monoisotopic (exact) mass is 367 g/mol. The highest BCUT2D eigenvalue weighted by molar-refractivity contribution is 7.99. The number of halogens is 1. The Morgan fingerprint density at radius 1 is 1.33 bits per heavy atom. The molecular weight excluding hydrogens is 350 g/mol. The maximum absolute atomic E-state index is 12.4. The van der Waals surface area contributed by atoms with Gasteiger partial charge in [-0.15, -0.1) is 0 Å². The number of aromatic carboxylic acids is 1. The molecule has 0 atom stereocenters. The lowest BCUT2D eigenvalue weighted by Gasteiger charge is -2.17. The van der Waals surface area contributed by atoms with Gasteiger partial charge in [0, 0.05) is 18.0 Å². The van der Waals surface area contributed by atoms with E-state index in [1.807, 2.05) is 32.9 Å². The Hall–Kier alpha value is -1.99. The SMILES string of the molecule is CCN(CC)C(=O)n1cc(C(=O)O)c(Sc2c(C)cccc2Cl)n1. The van der Waals surface area contributed by atoms with E-state index in [9.17, 15) is 14.7 Å². The second kappa shape index (κ2) is 7.72. The number of carboxylic acid groups (broad SMARTS) is 1. The summed E-state index contributed by atoms with van der Waals surface area (Å²) in [6.07, 6.45) is 1.25. The highest BCUT2D eigenvalue weighted by atomic mass is 35.5. The minimum atomic E-state index is -1.14. The minimum absolute atomic E-state index is 0.0279. The summed E-state index contributed by atoms with van der Waals surface area (Å²) in [5.41, 5.74) is 0.883. The van der Waals surface area contributed by atoms with E-state index >= 15 is 0 Å². The molecule has 1 N–H and O–H groups in total. The van der Waals surface area contributed by atoms with Gasteiger partial charge in [-0.3, -0.25) is 0 Å². The van der Waals surface area contributed by atoms with Gasteiger partial charge in [-0.05, 0) is 32.4 Å². The zero-order valence-corrected chi connectivity index (χ0v) is 15.2. The van der Waals surface area contributed by atoms with Gasteiger partial charge >= 0.3 is 12.0 Å². The van der Waals surface area contributed by atoms with E-state index in [1.165, 1.54) is 6.20 Å². The molecule has 1 heterocycles. The number of carboxylic acids is 1. The summed E-state index contributed by atoms with van der Waals surface area (Å²) >= 11 is 7.34. The molecule has 0 bridgehead atoms. The number of carbonyl (C=O) groups excluding carboxylic acids is 1. The van der Waals surface area contributed by atoms with Crippen molar-refractivity contribution in [1.29, 1.82) is 0 Å². The summed E-state index contributed by atoms with van der Waals surface area (Å²) in [7, 11) is 0. The van der Waals surface area contributed by atoms with Crippen LogP contribution in [0.15, 0.2) is 34.3 Å². The van der Waals surface area contributed by atoms with Crippen molar-refractivity contribution in [2.75, 3.05) is 13.1 Å². The van der Waals surface area contributed by atoms with Gasteiger partial charge < -0.3 is 10.0 Å². The largest absolute Gasteiger partial charge is 0.478 e. The predicted octanol–water partition coefficient (Wildman–Crippen LogP) is 4.00. The number of hydrogen-bond acceptors (Lipinski definition) is 4. The fourth-order valence-corrected chi connectivity index (χ4v) is 3.46. The van der Waals surface area contributed by atoms with Gasteiger partial charge in [-0.1, -0.05) is 35.5 Å². The van der Waals surface area contributed by atoms with Crippen LogP contribution in [0, 0.1) is 6.92 Å². The molecule has 0 saturated heterocycles. The molecule has 2 aromatic rings. The van der Waals surface area contributed by atoms with E-state index in [-0.39, 0.29) is 16.6 Å². The Morgan fingerprint density at radius 2 is 2.00 bits per heavy atom. The molecule has 0 aliphatic heterocycles. The maximum atomic E-state index is 12.4. The molecule has 24 heavy (non-hydrogen) atoms. The van der Waals surface area contributed by atoms with Crippen LogP contribution >= 0.6 is 23.4 Å². The number of rotatable bonds is 5. The summed E-state index contributed by atoms with van der Waals surface area (Å²) in [5.74, 6) is -1.14. The van der Waals surface area contributed by atoms with Crippen LogP contribution in [0.1, 0.15) is 29.8 Å². The first-order chi connectivity index (χ1) is 11.4. The van der Waals surface area contributed by atoms with E-state index in [2.05, 4.69) is 5.10 Å². The molecule has 0 aliphatic rings. The maximum Gasteiger partial charge on any atom is 0.344 e. The van der Waals surface area contributed by atoms with Crippen molar-refractivity contribution in [3.8, 4) is 0 Å². The first kappa shape index (κ1) is 18.4. The fourth-order valence-electron chi connectivity index (χ4n) is 2.16. The molecule has 6 nitrogen and oxygen atoms in total. The van der Waals surface area contributed by atoms with Gasteiger partial charge in [0.05, 0.1) is 11.2 Å². The van der Waals surface area contributed by atoms with Gasteiger partial charge in [-0.25, -0.2) is 9.59 Å². The molecule has 128 valence electrons. The molecule has 1 aromatic carbocycles. The molecule has 0 aliphatic carbocycles. The fraction of sp³-hybridized carbons (Fsp3) is 0.312. The van der Waals surface area contributed by atoms with E-state index in [0.717, 1.165) is 26.9 Å². The highest BCUT2D eigenvalue weighted by Gasteiger charge is 2.22. The zero-order chi connectivity index (χ0) is 17.9. The van der Waals surface area contributed by atoms with Crippen LogP contribution in [-0.4, -0.2) is 44.9 Å². The molecule has 0 radical (unpaired) electrons. The predicted molar refractivity (Wildman–Crippen MR) is 93.2 cm³/mol. The number of hydrogen-bond donors (Lipinski definition) is 1. The van der Waals surface area contributed by atoms with Gasteiger partial charge in [0.25, 0.3) is 0 Å². The average molecular weight is 368 g/mol. The quantitative estimate of drug-likeness (QED) is 0.864. The van der Waals surface area contributed by atoms with Crippen molar-refractivity contribution >= 4 is 35.4 Å². The molecule has 0 unspecified atom stereocenters. The first-order valence-corrected chi connectivity index (χ1v) is 8.63. The number of carbonyl (C=O) groups is 2. The summed E-state index contributed by atoms with van der Waals surface area (Å²) in [4.78, 5) is 26.2. The molecule has 0 spiro atoms. The Kier molecular flexibility index (Phi) is 5.90. The second-order valence-corrected chi connectivity index (χ2v) is 6.45. The molecule has 0 saturated carbocycles. The summed E-state index contributed by atoms with van der Waals surface area (Å²) in [6, 6.07) is 5.08. The lowest BCUT2D eigenvalue weighted by Crippen LogP contribution is -2.34. The van der Waals surface area contributed by atoms with Crippen molar-refractivity contribution < 1.29 is 14.7 Å². The summed E-state index contributed by atoms with van der Waals surface area (Å²) < 4.78 is 1.07. The molecule has 1 aromatic heterocycles. The number of benzene rings is 1. The zero-order valence-electron chi connectivity index (χ0n) is 13.6. The third-order valence-electron chi connectivity index (χ3n) is 3.50. The summed E-state index contributed by atoms with van der Waals surface area (Å²) in [6.45, 7) is 6.62. The van der Waals surface area contributed by atoms with Crippen molar-refractivity contribution in [2.45, 2.75) is 30.7 Å². The third-order valence-corrected chi connectivity index (χ3v) is 5.17.